The third-order valence-corrected chi connectivity index (χ3v) is 6.62. The Hall–Kier alpha value is -2.90. The molecule has 0 unspecified atom stereocenters. The summed E-state index contributed by atoms with van der Waals surface area (Å²) in [6, 6.07) is 15.8. The lowest BCUT2D eigenvalue weighted by molar-refractivity contribution is 0.330. The minimum atomic E-state index is -3.35. The van der Waals surface area contributed by atoms with E-state index in [1.165, 1.54) is 17.4 Å². The number of nitrogens with one attached hydrogen (secondary N) is 2. The van der Waals surface area contributed by atoms with Gasteiger partial charge in [-0.25, -0.2) is 8.42 Å². The van der Waals surface area contributed by atoms with Crippen LogP contribution in [0.5, 0.6) is 5.75 Å². The monoisotopic (exact) mass is 465 g/mol. The maximum atomic E-state index is 11.8. The summed E-state index contributed by atoms with van der Waals surface area (Å²) < 4.78 is 32.6. The van der Waals surface area contributed by atoms with Crippen LogP contribution in [-0.2, 0) is 10.0 Å². The van der Waals surface area contributed by atoms with Crippen molar-refractivity contribution in [1.82, 2.24) is 10.3 Å². The average Bonchev–Trinajstić information content (AvgIpc) is 2.78. The zero-order valence-corrected chi connectivity index (χ0v) is 20.3. The second-order valence-corrected chi connectivity index (χ2v) is 10.3. The summed E-state index contributed by atoms with van der Waals surface area (Å²) in [5.41, 5.74) is 7.22. The van der Waals surface area contributed by atoms with Crippen molar-refractivity contribution in [1.29, 1.82) is 0 Å². The van der Waals surface area contributed by atoms with Crippen molar-refractivity contribution < 1.29 is 13.2 Å². The Morgan fingerprint density at radius 3 is 2.58 bits per heavy atom. The van der Waals surface area contributed by atoms with Crippen LogP contribution < -0.4 is 14.8 Å². The first-order valence-corrected chi connectivity index (χ1v) is 13.2. The van der Waals surface area contributed by atoms with Gasteiger partial charge in [-0.05, 0) is 86.8 Å². The molecule has 1 aliphatic rings. The minimum Gasteiger partial charge on any atom is -0.493 e. The number of hydrogen-bond donors (Lipinski definition) is 2. The third kappa shape index (κ3) is 5.72. The van der Waals surface area contributed by atoms with Crippen LogP contribution in [0.3, 0.4) is 0 Å². The van der Waals surface area contributed by atoms with E-state index < -0.39 is 10.0 Å². The molecule has 0 spiro atoms. The number of benzene rings is 2. The molecule has 3 aromatic rings. The summed E-state index contributed by atoms with van der Waals surface area (Å²) in [6.45, 7) is 6.40. The number of hydrogen-bond acceptors (Lipinski definition) is 5. The van der Waals surface area contributed by atoms with Gasteiger partial charge in [0, 0.05) is 17.5 Å². The van der Waals surface area contributed by atoms with Gasteiger partial charge in [0.15, 0.2) is 0 Å². The minimum absolute atomic E-state index is 0.530. The van der Waals surface area contributed by atoms with E-state index in [-0.39, 0.29) is 0 Å². The maximum Gasteiger partial charge on any atom is 0.229 e. The zero-order valence-electron chi connectivity index (χ0n) is 19.4. The quantitative estimate of drug-likeness (QED) is 0.522. The number of sulfonamides is 1. The van der Waals surface area contributed by atoms with E-state index in [9.17, 15) is 8.42 Å². The molecule has 2 N–H and O–H groups in total. The highest BCUT2D eigenvalue weighted by Crippen LogP contribution is 2.33. The van der Waals surface area contributed by atoms with Gasteiger partial charge in [0.1, 0.15) is 5.75 Å². The molecule has 1 fully saturated rings. The predicted octanol–water partition coefficient (Wildman–Crippen LogP) is 4.83. The van der Waals surface area contributed by atoms with Crippen LogP contribution in [0.25, 0.3) is 16.5 Å². The molecule has 2 aromatic carbocycles. The lowest BCUT2D eigenvalue weighted by Gasteiger charge is -2.23. The Balaban J connectivity index is 1.62. The number of aromatic nitrogens is 1. The normalized spacial score (nSPS) is 14.3. The molecule has 1 aromatic heterocycles. The van der Waals surface area contributed by atoms with Crippen LogP contribution in [0.1, 0.15) is 36.1 Å². The molecular formula is C26H31N3O3S. The van der Waals surface area contributed by atoms with Crippen molar-refractivity contribution in [2.75, 3.05) is 30.7 Å². The molecule has 0 bridgehead atoms. The van der Waals surface area contributed by atoms with Gasteiger partial charge in [0.05, 0.1) is 24.1 Å². The highest BCUT2D eigenvalue weighted by Gasteiger charge is 2.17. The first-order valence-electron chi connectivity index (χ1n) is 11.3. The Morgan fingerprint density at radius 1 is 1.06 bits per heavy atom. The van der Waals surface area contributed by atoms with Gasteiger partial charge in [-0.15, -0.1) is 0 Å². The number of nitrogens with zero attached hydrogens (tertiary/aromatic N) is 1. The van der Waals surface area contributed by atoms with Crippen LogP contribution in [0.2, 0.25) is 0 Å². The van der Waals surface area contributed by atoms with Gasteiger partial charge in [-0.1, -0.05) is 23.8 Å². The van der Waals surface area contributed by atoms with E-state index in [0.717, 1.165) is 65.8 Å². The summed E-state index contributed by atoms with van der Waals surface area (Å²) in [5.74, 6) is 0.832. The molecule has 33 heavy (non-hydrogen) atoms. The molecule has 0 saturated carbocycles. The van der Waals surface area contributed by atoms with Crippen molar-refractivity contribution in [3.05, 3.63) is 70.9 Å². The van der Waals surface area contributed by atoms with Crippen LogP contribution in [0, 0.1) is 13.8 Å². The van der Waals surface area contributed by atoms with Crippen molar-refractivity contribution in [3.8, 4) is 5.75 Å². The van der Waals surface area contributed by atoms with E-state index in [2.05, 4.69) is 27.2 Å². The van der Waals surface area contributed by atoms with Gasteiger partial charge in [0.2, 0.25) is 10.0 Å². The number of piperidine rings is 1. The van der Waals surface area contributed by atoms with Gasteiger partial charge >= 0.3 is 0 Å². The van der Waals surface area contributed by atoms with Gasteiger partial charge in [-0.2, -0.15) is 0 Å². The van der Waals surface area contributed by atoms with Crippen LogP contribution in [0.4, 0.5) is 5.69 Å². The first-order chi connectivity index (χ1) is 15.8. The highest BCUT2D eigenvalue weighted by molar-refractivity contribution is 7.92. The molecule has 2 heterocycles. The lowest BCUT2D eigenvalue weighted by Crippen LogP contribution is -2.24. The fraction of sp³-hybridized carbons (Fsp3) is 0.346. The van der Waals surface area contributed by atoms with Crippen molar-refractivity contribution in [2.45, 2.75) is 33.1 Å². The SMILES string of the molecule is Cc1ccc2c(OCCC(=C3CCNCC3)c3cccc(NS(C)(=O)=O)c3C)cccc2n1. The number of rotatable bonds is 7. The van der Waals surface area contributed by atoms with Gasteiger partial charge in [-0.3, -0.25) is 9.71 Å². The molecule has 1 saturated heterocycles. The van der Waals surface area contributed by atoms with E-state index in [1.54, 1.807) is 0 Å². The molecule has 0 amide bonds. The Bertz CT molecular complexity index is 1290. The van der Waals surface area contributed by atoms with Crippen molar-refractivity contribution in [3.63, 3.8) is 0 Å². The second kappa shape index (κ2) is 9.93. The molecular weight excluding hydrogens is 434 g/mol. The van der Waals surface area contributed by atoms with Crippen molar-refractivity contribution in [2.24, 2.45) is 0 Å². The number of aryl methyl sites for hydroxylation is 1. The summed E-state index contributed by atoms with van der Waals surface area (Å²) in [7, 11) is -3.35. The summed E-state index contributed by atoms with van der Waals surface area (Å²) in [4.78, 5) is 4.60. The zero-order chi connectivity index (χ0) is 23.4. The maximum absolute atomic E-state index is 11.8. The molecule has 174 valence electrons. The number of fused-ring (bicyclic) bond motifs is 1. The molecule has 7 heteroatoms. The first kappa shape index (κ1) is 23.3. The second-order valence-electron chi connectivity index (χ2n) is 8.56. The average molecular weight is 466 g/mol. The van der Waals surface area contributed by atoms with Gasteiger partial charge < -0.3 is 10.1 Å². The molecule has 6 nitrogen and oxygen atoms in total. The Kier molecular flexibility index (Phi) is 7.00. The molecule has 0 radical (unpaired) electrons. The van der Waals surface area contributed by atoms with E-state index in [1.807, 2.05) is 50.2 Å². The number of ether oxygens (including phenoxy) is 1. The van der Waals surface area contributed by atoms with E-state index in [0.29, 0.717) is 12.3 Å². The topological polar surface area (TPSA) is 80.3 Å². The molecule has 1 aliphatic heterocycles. The smallest absolute Gasteiger partial charge is 0.229 e. The highest BCUT2D eigenvalue weighted by atomic mass is 32.2. The summed E-state index contributed by atoms with van der Waals surface area (Å²) in [6.07, 6.45) is 3.89. The standard InChI is InChI=1S/C26H31N3O3S/c1-18-10-11-23-25(28-18)8-5-9-26(23)32-17-14-22(20-12-15-27-16-13-20)21-6-4-7-24(19(21)2)29-33(3,30)31/h4-11,27,29H,12-17H2,1-3H3. The molecule has 4 rings (SSSR count). The Labute approximate surface area is 196 Å². The largest absolute Gasteiger partial charge is 0.493 e. The summed E-state index contributed by atoms with van der Waals surface area (Å²) >= 11 is 0. The summed E-state index contributed by atoms with van der Waals surface area (Å²) in [5, 5.41) is 4.43. The van der Waals surface area contributed by atoms with E-state index in [4.69, 9.17) is 4.74 Å². The predicted molar refractivity (Wildman–Crippen MR) is 135 cm³/mol. The molecule has 0 atom stereocenters. The number of pyridine rings is 1. The van der Waals surface area contributed by atoms with E-state index >= 15 is 0 Å². The van der Waals surface area contributed by atoms with Crippen LogP contribution in [-0.4, -0.2) is 39.4 Å². The third-order valence-electron chi connectivity index (χ3n) is 6.03. The fourth-order valence-electron chi connectivity index (χ4n) is 4.42. The number of anilines is 1. The van der Waals surface area contributed by atoms with Gasteiger partial charge in [0.25, 0.3) is 0 Å². The van der Waals surface area contributed by atoms with Crippen LogP contribution >= 0.6 is 0 Å². The Morgan fingerprint density at radius 2 is 1.82 bits per heavy atom. The van der Waals surface area contributed by atoms with Crippen LogP contribution in [0.15, 0.2) is 54.1 Å². The molecule has 0 aliphatic carbocycles. The van der Waals surface area contributed by atoms with Crippen molar-refractivity contribution >= 4 is 32.2 Å². The lowest BCUT2D eigenvalue weighted by atomic mass is 9.89. The fourth-order valence-corrected chi connectivity index (χ4v) is 5.04.